The number of pyridine rings is 2. The molecule has 4 rings (SSSR count). The number of halogens is 3. The van der Waals surface area contributed by atoms with E-state index in [4.69, 9.17) is 5.73 Å². The van der Waals surface area contributed by atoms with Crippen molar-refractivity contribution in [1.29, 1.82) is 0 Å². The van der Waals surface area contributed by atoms with E-state index in [1.807, 2.05) is 4.90 Å². The Labute approximate surface area is 180 Å². The molecule has 12 heteroatoms. The molecule has 3 aromatic heterocycles. The van der Waals surface area contributed by atoms with Gasteiger partial charge in [-0.3, -0.25) is 14.7 Å². The fourth-order valence-corrected chi connectivity index (χ4v) is 3.80. The van der Waals surface area contributed by atoms with Crippen LogP contribution in [0.25, 0.3) is 22.2 Å². The lowest BCUT2D eigenvalue weighted by Crippen LogP contribution is -2.45. The number of nitrogens with zero attached hydrogens (tertiary/aromatic N) is 5. The number of carbonyl (C=O) groups is 1. The number of aromatic hydroxyl groups is 1. The summed E-state index contributed by atoms with van der Waals surface area (Å²) in [7, 11) is 0. The summed E-state index contributed by atoms with van der Waals surface area (Å²) in [5, 5.41) is 22.9. The van der Waals surface area contributed by atoms with Crippen molar-refractivity contribution < 1.29 is 23.1 Å². The maximum atomic E-state index is 12.9. The zero-order chi connectivity index (χ0) is 22.9. The Kier molecular flexibility index (Phi) is 5.78. The highest BCUT2D eigenvalue weighted by Gasteiger charge is 2.32. The number of aromatic nitrogens is 4. The Hall–Kier alpha value is -3.54. The number of fused-ring (bicyclic) bond motifs is 1. The highest BCUT2D eigenvalue weighted by Crippen LogP contribution is 2.37. The van der Waals surface area contributed by atoms with Crippen LogP contribution in [0.3, 0.4) is 0 Å². The average Bonchev–Trinajstić information content (AvgIpc) is 2.73. The van der Waals surface area contributed by atoms with Crippen LogP contribution in [-0.2, 0) is 11.0 Å². The van der Waals surface area contributed by atoms with E-state index >= 15 is 0 Å². The van der Waals surface area contributed by atoms with Crippen molar-refractivity contribution in [2.75, 3.05) is 25.0 Å². The van der Waals surface area contributed by atoms with E-state index in [0.29, 0.717) is 35.4 Å². The third kappa shape index (κ3) is 4.54. The van der Waals surface area contributed by atoms with Crippen molar-refractivity contribution in [3.8, 4) is 17.1 Å². The smallest absolute Gasteiger partial charge is 0.418 e. The molecule has 168 valence electrons. The maximum Gasteiger partial charge on any atom is 0.418 e. The molecule has 0 radical (unpaired) electrons. The fourth-order valence-electron chi connectivity index (χ4n) is 3.80. The van der Waals surface area contributed by atoms with Gasteiger partial charge in [0.15, 0.2) is 5.82 Å². The highest BCUT2D eigenvalue weighted by atomic mass is 19.4. The van der Waals surface area contributed by atoms with Crippen molar-refractivity contribution in [2.45, 2.75) is 25.1 Å². The Morgan fingerprint density at radius 1 is 1.25 bits per heavy atom. The third-order valence-corrected chi connectivity index (χ3v) is 5.23. The summed E-state index contributed by atoms with van der Waals surface area (Å²) in [5.74, 6) is -0.590. The number of hydrogen-bond donors (Lipinski definition) is 3. The number of piperidine rings is 1. The average molecular weight is 447 g/mol. The van der Waals surface area contributed by atoms with E-state index in [2.05, 4.69) is 25.5 Å². The number of amides is 1. The van der Waals surface area contributed by atoms with Crippen LogP contribution in [0.1, 0.15) is 18.4 Å². The van der Waals surface area contributed by atoms with Gasteiger partial charge >= 0.3 is 6.18 Å². The molecular weight excluding hydrogens is 427 g/mol. The lowest BCUT2D eigenvalue weighted by Gasteiger charge is -2.32. The molecular formula is C20H20F3N7O2. The molecule has 1 unspecified atom stereocenters. The molecule has 0 bridgehead atoms. The standard InChI is InChI=1S/C20H20F3N7O2/c21-20(22,23)11-6-15(31)18(26-7-11)17-14-8-25-4-3-13(14)19(29-28-17)27-12-2-1-5-30(9-12)10-16(24)32/h3-4,6-8,12,31H,1-2,5,9-10H2,(H2,24,32)(H,27,29). The lowest BCUT2D eigenvalue weighted by atomic mass is 10.0. The van der Waals surface area contributed by atoms with Gasteiger partial charge in [-0.2, -0.15) is 13.2 Å². The summed E-state index contributed by atoms with van der Waals surface area (Å²) >= 11 is 0. The second-order valence-corrected chi connectivity index (χ2v) is 7.59. The summed E-state index contributed by atoms with van der Waals surface area (Å²) in [6.45, 7) is 1.54. The van der Waals surface area contributed by atoms with E-state index in [9.17, 15) is 23.1 Å². The summed E-state index contributed by atoms with van der Waals surface area (Å²) in [6, 6.07) is 2.30. The van der Waals surface area contributed by atoms with Crippen molar-refractivity contribution >= 4 is 22.5 Å². The van der Waals surface area contributed by atoms with E-state index in [1.165, 1.54) is 6.20 Å². The Morgan fingerprint density at radius 3 is 2.78 bits per heavy atom. The van der Waals surface area contributed by atoms with Crippen molar-refractivity contribution in [1.82, 2.24) is 25.1 Å². The van der Waals surface area contributed by atoms with E-state index in [0.717, 1.165) is 19.4 Å². The van der Waals surface area contributed by atoms with Gasteiger partial charge in [-0.05, 0) is 31.5 Å². The first-order valence-electron chi connectivity index (χ1n) is 9.86. The summed E-state index contributed by atoms with van der Waals surface area (Å²) in [4.78, 5) is 21.0. The van der Waals surface area contributed by atoms with Gasteiger partial charge in [-0.15, -0.1) is 10.2 Å². The molecule has 3 aromatic rings. The topological polar surface area (TPSA) is 130 Å². The second kappa shape index (κ2) is 8.54. The maximum absolute atomic E-state index is 12.9. The van der Waals surface area contributed by atoms with Crippen LogP contribution in [0.15, 0.2) is 30.7 Å². The molecule has 1 aliphatic rings. The molecule has 0 saturated carbocycles. The zero-order valence-electron chi connectivity index (χ0n) is 16.8. The van der Waals surface area contributed by atoms with Gasteiger partial charge in [-0.25, -0.2) is 4.98 Å². The van der Waals surface area contributed by atoms with Crippen LogP contribution < -0.4 is 11.1 Å². The van der Waals surface area contributed by atoms with Crippen LogP contribution in [0.2, 0.25) is 0 Å². The number of alkyl halides is 3. The van der Waals surface area contributed by atoms with Gasteiger partial charge in [0.1, 0.15) is 17.1 Å². The van der Waals surface area contributed by atoms with Gasteiger partial charge in [0, 0.05) is 41.9 Å². The Morgan fingerprint density at radius 2 is 2.06 bits per heavy atom. The first-order valence-corrected chi connectivity index (χ1v) is 9.86. The highest BCUT2D eigenvalue weighted by molar-refractivity contribution is 5.99. The van der Waals surface area contributed by atoms with Crippen LogP contribution in [0, 0.1) is 0 Å². The van der Waals surface area contributed by atoms with E-state index < -0.39 is 23.4 Å². The molecule has 4 heterocycles. The number of nitrogens with two attached hydrogens (primary N) is 1. The van der Waals surface area contributed by atoms with Crippen molar-refractivity contribution in [3.05, 3.63) is 36.3 Å². The van der Waals surface area contributed by atoms with E-state index in [-0.39, 0.29) is 24.0 Å². The Balaban J connectivity index is 1.66. The minimum atomic E-state index is -4.63. The van der Waals surface area contributed by atoms with Crippen molar-refractivity contribution in [3.63, 3.8) is 0 Å². The number of likely N-dealkylation sites (tertiary alicyclic amines) is 1. The molecule has 32 heavy (non-hydrogen) atoms. The normalized spacial score (nSPS) is 17.4. The van der Waals surface area contributed by atoms with Crippen molar-refractivity contribution in [2.24, 2.45) is 5.73 Å². The molecule has 1 amide bonds. The number of primary amides is 1. The van der Waals surface area contributed by atoms with Gasteiger partial charge in [0.05, 0.1) is 12.1 Å². The lowest BCUT2D eigenvalue weighted by molar-refractivity contribution is -0.138. The Bertz CT molecular complexity index is 1160. The van der Waals surface area contributed by atoms with Gasteiger partial charge in [0.25, 0.3) is 0 Å². The largest absolute Gasteiger partial charge is 0.506 e. The zero-order valence-corrected chi connectivity index (χ0v) is 16.8. The molecule has 4 N–H and O–H groups in total. The molecule has 0 spiro atoms. The number of hydrogen-bond acceptors (Lipinski definition) is 8. The fraction of sp³-hybridized carbons (Fsp3) is 0.350. The third-order valence-electron chi connectivity index (χ3n) is 5.23. The van der Waals surface area contributed by atoms with Gasteiger partial charge < -0.3 is 16.2 Å². The second-order valence-electron chi connectivity index (χ2n) is 7.59. The van der Waals surface area contributed by atoms with Crippen LogP contribution >= 0.6 is 0 Å². The first kappa shape index (κ1) is 21.7. The number of anilines is 1. The van der Waals surface area contributed by atoms with E-state index in [1.54, 1.807) is 12.3 Å². The number of carbonyl (C=O) groups excluding carboxylic acids is 1. The SMILES string of the molecule is NC(=O)CN1CCCC(Nc2nnc(-c3ncc(C(F)(F)F)cc3O)c3cnccc23)C1. The molecule has 1 fully saturated rings. The molecule has 1 aliphatic heterocycles. The summed E-state index contributed by atoms with van der Waals surface area (Å²) in [6.07, 6.45) is 0.781. The minimum absolute atomic E-state index is 0.00258. The predicted octanol–water partition coefficient (Wildman–Crippen LogP) is 2.17. The van der Waals surface area contributed by atoms with Gasteiger partial charge in [-0.1, -0.05) is 0 Å². The van der Waals surface area contributed by atoms with Crippen LogP contribution in [0.4, 0.5) is 19.0 Å². The molecule has 9 nitrogen and oxygen atoms in total. The van der Waals surface area contributed by atoms with Crippen LogP contribution in [-0.4, -0.2) is 61.8 Å². The molecule has 1 saturated heterocycles. The predicted molar refractivity (Wildman–Crippen MR) is 110 cm³/mol. The first-order chi connectivity index (χ1) is 15.2. The minimum Gasteiger partial charge on any atom is -0.506 e. The number of nitrogens with one attached hydrogen (secondary N) is 1. The molecule has 0 aliphatic carbocycles. The summed E-state index contributed by atoms with van der Waals surface area (Å²) in [5.41, 5.74) is 4.22. The van der Waals surface area contributed by atoms with Crippen LogP contribution in [0.5, 0.6) is 5.75 Å². The number of rotatable bonds is 5. The molecule has 1 atom stereocenters. The summed E-state index contributed by atoms with van der Waals surface area (Å²) < 4.78 is 38.7. The monoisotopic (exact) mass is 447 g/mol. The molecule has 0 aromatic carbocycles. The van der Waals surface area contributed by atoms with Gasteiger partial charge in [0.2, 0.25) is 5.91 Å². The quantitative estimate of drug-likeness (QED) is 0.543.